The summed E-state index contributed by atoms with van der Waals surface area (Å²) in [7, 11) is 1.28. The molecule has 0 fully saturated rings. The fourth-order valence-corrected chi connectivity index (χ4v) is 2.70. The Bertz CT molecular complexity index is 759. The first-order chi connectivity index (χ1) is 11.9. The van der Waals surface area contributed by atoms with Crippen LogP contribution in [-0.2, 0) is 14.3 Å². The summed E-state index contributed by atoms with van der Waals surface area (Å²) in [6, 6.07) is 6.11. The molecule has 0 atom stereocenters. The monoisotopic (exact) mass is 343 g/mol. The Hall–Kier alpha value is -2.89. The molecule has 0 aromatic heterocycles. The van der Waals surface area contributed by atoms with Gasteiger partial charge in [0.1, 0.15) is 0 Å². The number of amides is 1. The fraction of sp³-hybridized carbons (Fsp3) is 0.316. The van der Waals surface area contributed by atoms with Gasteiger partial charge in [0.15, 0.2) is 0 Å². The number of aromatic carboxylic acids is 1. The molecule has 0 spiro atoms. The molecule has 2 rings (SSSR count). The standard InChI is InChI=1S/C19H21NO5/c1-4-5-10-20-12(2)16(19(24)25-3)15(17(20)21)11-13-6-8-14(9-7-13)18(22)23/h6-9,11H,4-5,10H2,1-3H3,(H,22,23)/b15-11-. The third-order valence-corrected chi connectivity index (χ3v) is 4.11. The summed E-state index contributed by atoms with van der Waals surface area (Å²) in [6.07, 6.45) is 3.36. The minimum atomic E-state index is -1.02. The quantitative estimate of drug-likeness (QED) is 0.634. The number of methoxy groups -OCH3 is 1. The maximum Gasteiger partial charge on any atom is 0.340 e. The van der Waals surface area contributed by atoms with Crippen molar-refractivity contribution < 1.29 is 24.2 Å². The van der Waals surface area contributed by atoms with E-state index in [1.165, 1.54) is 19.2 Å². The number of nitrogens with zero attached hydrogens (tertiary/aromatic N) is 1. The van der Waals surface area contributed by atoms with Crippen molar-refractivity contribution in [2.45, 2.75) is 26.7 Å². The van der Waals surface area contributed by atoms with Gasteiger partial charge >= 0.3 is 11.9 Å². The molecule has 1 amide bonds. The van der Waals surface area contributed by atoms with Gasteiger partial charge in [-0.25, -0.2) is 9.59 Å². The summed E-state index contributed by atoms with van der Waals surface area (Å²) < 4.78 is 4.83. The number of allylic oxidation sites excluding steroid dienone is 1. The van der Waals surface area contributed by atoms with Crippen molar-refractivity contribution in [3.8, 4) is 0 Å². The van der Waals surface area contributed by atoms with Crippen molar-refractivity contribution in [1.82, 2.24) is 4.90 Å². The molecule has 0 saturated carbocycles. The third kappa shape index (κ3) is 3.79. The smallest absolute Gasteiger partial charge is 0.340 e. The number of esters is 1. The van der Waals surface area contributed by atoms with Gasteiger partial charge in [0.05, 0.1) is 23.8 Å². The van der Waals surface area contributed by atoms with Crippen LogP contribution in [0.3, 0.4) is 0 Å². The highest BCUT2D eigenvalue weighted by Crippen LogP contribution is 2.31. The average molecular weight is 343 g/mol. The van der Waals surface area contributed by atoms with Gasteiger partial charge in [-0.05, 0) is 37.1 Å². The molecule has 0 saturated heterocycles. The van der Waals surface area contributed by atoms with Crippen molar-refractivity contribution in [2.24, 2.45) is 0 Å². The van der Waals surface area contributed by atoms with Gasteiger partial charge in [-0.15, -0.1) is 0 Å². The number of carboxylic acids is 1. The number of hydrogen-bond donors (Lipinski definition) is 1. The molecule has 1 aliphatic rings. The highest BCUT2D eigenvalue weighted by Gasteiger charge is 2.36. The lowest BCUT2D eigenvalue weighted by Crippen LogP contribution is -2.26. The first-order valence-electron chi connectivity index (χ1n) is 8.07. The maximum absolute atomic E-state index is 12.7. The highest BCUT2D eigenvalue weighted by molar-refractivity contribution is 6.16. The molecular weight excluding hydrogens is 322 g/mol. The number of rotatable bonds is 6. The predicted octanol–water partition coefficient (Wildman–Crippen LogP) is 2.86. The van der Waals surface area contributed by atoms with Gasteiger partial charge in [-0.1, -0.05) is 25.5 Å². The first-order valence-corrected chi connectivity index (χ1v) is 8.07. The maximum atomic E-state index is 12.7. The number of carbonyl (C=O) groups excluding carboxylic acids is 2. The van der Waals surface area contributed by atoms with Crippen LogP contribution < -0.4 is 0 Å². The Balaban J connectivity index is 2.44. The van der Waals surface area contributed by atoms with Crippen molar-refractivity contribution in [3.63, 3.8) is 0 Å². The van der Waals surface area contributed by atoms with E-state index >= 15 is 0 Å². The Morgan fingerprint density at radius 1 is 1.24 bits per heavy atom. The van der Waals surface area contributed by atoms with E-state index < -0.39 is 11.9 Å². The van der Waals surface area contributed by atoms with Crippen LogP contribution in [0.2, 0.25) is 0 Å². The van der Waals surface area contributed by atoms with Crippen LogP contribution in [0.4, 0.5) is 0 Å². The summed E-state index contributed by atoms with van der Waals surface area (Å²) >= 11 is 0. The molecular formula is C19H21NO5. The van der Waals surface area contributed by atoms with Crippen LogP contribution in [0, 0.1) is 0 Å². The molecule has 1 aromatic carbocycles. The van der Waals surface area contributed by atoms with E-state index in [2.05, 4.69) is 0 Å². The SMILES string of the molecule is CCCCN1C(=O)/C(=C\c2ccc(C(=O)O)cc2)C(C(=O)OC)=C1C. The average Bonchev–Trinajstić information content (AvgIpc) is 2.83. The summed E-state index contributed by atoms with van der Waals surface area (Å²) in [4.78, 5) is 37.4. The van der Waals surface area contributed by atoms with Crippen molar-refractivity contribution in [1.29, 1.82) is 0 Å². The summed E-state index contributed by atoms with van der Waals surface area (Å²) in [6.45, 7) is 4.30. The Kier molecular flexibility index (Phi) is 5.75. The molecule has 1 N–H and O–H groups in total. The predicted molar refractivity (Wildman–Crippen MR) is 92.7 cm³/mol. The van der Waals surface area contributed by atoms with Crippen molar-refractivity contribution in [3.05, 3.63) is 52.2 Å². The largest absolute Gasteiger partial charge is 0.478 e. The van der Waals surface area contributed by atoms with Gasteiger partial charge < -0.3 is 14.7 Å². The molecule has 25 heavy (non-hydrogen) atoms. The normalized spacial score (nSPS) is 15.9. The van der Waals surface area contributed by atoms with Crippen LogP contribution >= 0.6 is 0 Å². The molecule has 1 aromatic rings. The Labute approximate surface area is 146 Å². The number of unbranched alkanes of at least 4 members (excludes halogenated alkanes) is 1. The summed E-state index contributed by atoms with van der Waals surface area (Å²) in [5.41, 5.74) is 1.90. The zero-order chi connectivity index (χ0) is 18.6. The topological polar surface area (TPSA) is 83.9 Å². The highest BCUT2D eigenvalue weighted by atomic mass is 16.5. The van der Waals surface area contributed by atoms with E-state index in [-0.39, 0.29) is 22.6 Å². The van der Waals surface area contributed by atoms with Gasteiger partial charge in [-0.2, -0.15) is 0 Å². The van der Waals surface area contributed by atoms with Crippen LogP contribution in [-0.4, -0.2) is 41.5 Å². The first kappa shape index (κ1) is 18.4. The van der Waals surface area contributed by atoms with E-state index in [0.717, 1.165) is 12.8 Å². The van der Waals surface area contributed by atoms with Gasteiger partial charge in [0.2, 0.25) is 0 Å². The molecule has 6 nitrogen and oxygen atoms in total. The van der Waals surface area contributed by atoms with Crippen LogP contribution in [0.1, 0.15) is 42.6 Å². The molecule has 1 heterocycles. The molecule has 0 radical (unpaired) electrons. The molecule has 132 valence electrons. The number of benzene rings is 1. The third-order valence-electron chi connectivity index (χ3n) is 4.11. The number of carboxylic acid groups (broad SMARTS) is 1. The minimum Gasteiger partial charge on any atom is -0.478 e. The van der Waals surface area contributed by atoms with Crippen molar-refractivity contribution >= 4 is 23.9 Å². The summed E-state index contributed by atoms with van der Waals surface area (Å²) in [5, 5.41) is 8.96. The van der Waals surface area contributed by atoms with Crippen LogP contribution in [0.25, 0.3) is 6.08 Å². The second-order valence-corrected chi connectivity index (χ2v) is 5.75. The molecule has 0 bridgehead atoms. The molecule has 6 heteroatoms. The number of ether oxygens (including phenoxy) is 1. The second kappa shape index (κ2) is 7.79. The lowest BCUT2D eigenvalue weighted by Gasteiger charge is -2.17. The van der Waals surface area contributed by atoms with E-state index in [1.54, 1.807) is 30.0 Å². The number of hydrogen-bond acceptors (Lipinski definition) is 4. The van der Waals surface area contributed by atoms with E-state index in [1.807, 2.05) is 6.92 Å². The fourth-order valence-electron chi connectivity index (χ4n) is 2.70. The minimum absolute atomic E-state index is 0.157. The Morgan fingerprint density at radius 2 is 1.88 bits per heavy atom. The summed E-state index contributed by atoms with van der Waals surface area (Å²) in [5.74, 6) is -1.82. The van der Waals surface area contributed by atoms with Crippen molar-refractivity contribution in [2.75, 3.05) is 13.7 Å². The molecule has 1 aliphatic heterocycles. The van der Waals surface area contributed by atoms with Crippen LogP contribution in [0.5, 0.6) is 0 Å². The van der Waals surface area contributed by atoms with E-state index in [4.69, 9.17) is 9.84 Å². The zero-order valence-electron chi connectivity index (χ0n) is 14.5. The zero-order valence-corrected chi connectivity index (χ0v) is 14.5. The van der Waals surface area contributed by atoms with E-state index in [0.29, 0.717) is 17.8 Å². The van der Waals surface area contributed by atoms with Gasteiger partial charge in [0.25, 0.3) is 5.91 Å². The van der Waals surface area contributed by atoms with Gasteiger partial charge in [-0.3, -0.25) is 4.79 Å². The van der Waals surface area contributed by atoms with Crippen LogP contribution in [0.15, 0.2) is 41.1 Å². The lowest BCUT2D eigenvalue weighted by atomic mass is 10.0. The molecule has 0 aliphatic carbocycles. The Morgan fingerprint density at radius 3 is 2.40 bits per heavy atom. The second-order valence-electron chi connectivity index (χ2n) is 5.75. The van der Waals surface area contributed by atoms with Gasteiger partial charge in [0, 0.05) is 12.2 Å². The molecule has 0 unspecified atom stereocenters. The lowest BCUT2D eigenvalue weighted by molar-refractivity contribution is -0.136. The van der Waals surface area contributed by atoms with E-state index in [9.17, 15) is 14.4 Å². The number of carbonyl (C=O) groups is 3.